The molecule has 2 aromatic rings. The molecule has 0 aliphatic heterocycles. The Kier molecular flexibility index (Phi) is 7.65. The van der Waals surface area contributed by atoms with Gasteiger partial charge in [0.15, 0.2) is 0 Å². The molecule has 0 radical (unpaired) electrons. The van der Waals surface area contributed by atoms with Crippen molar-refractivity contribution in [3.63, 3.8) is 0 Å². The lowest BCUT2D eigenvalue weighted by atomic mass is 9.99. The first-order valence-corrected chi connectivity index (χ1v) is 12.6. The van der Waals surface area contributed by atoms with Gasteiger partial charge in [-0.25, -0.2) is 9.18 Å². The van der Waals surface area contributed by atoms with Crippen LogP contribution in [-0.4, -0.2) is 28.7 Å². The van der Waals surface area contributed by atoms with Crippen molar-refractivity contribution in [2.45, 2.75) is 33.3 Å². The quantitative estimate of drug-likeness (QED) is 0.199. The first-order chi connectivity index (χ1) is 13.6. The number of aryl methyl sites for hydroxylation is 1. The van der Waals surface area contributed by atoms with Crippen LogP contribution in [0.5, 0.6) is 0 Å². The highest BCUT2D eigenvalue weighted by atomic mass is 127. The molecule has 0 aliphatic carbocycles. The molecule has 0 spiro atoms. The first-order valence-electron chi connectivity index (χ1n) is 8.53. The van der Waals surface area contributed by atoms with Gasteiger partial charge in [0.25, 0.3) is 0 Å². The zero-order chi connectivity index (χ0) is 21.8. The monoisotopic (exact) mass is 530 g/mol. The maximum atomic E-state index is 14.2. The molecule has 3 N–H and O–H groups in total. The minimum atomic E-state index is -0.723. The number of amides is 1. The number of halogens is 2. The second-order valence-corrected chi connectivity index (χ2v) is 9.17. The van der Waals surface area contributed by atoms with Crippen molar-refractivity contribution in [3.05, 3.63) is 52.6 Å². The van der Waals surface area contributed by atoms with Gasteiger partial charge in [-0.05, 0) is 73.5 Å². The van der Waals surface area contributed by atoms with Crippen molar-refractivity contribution in [2.24, 2.45) is 0 Å². The number of nitrogens with one attached hydrogen (secondary N) is 3. The number of benzene rings is 1. The van der Waals surface area contributed by atoms with E-state index in [-0.39, 0.29) is 34.6 Å². The number of nitrogens with zero attached hydrogens (tertiary/aromatic N) is 1. The Hall–Kier alpha value is -2.13. The van der Waals surface area contributed by atoms with Crippen LogP contribution in [0.4, 0.5) is 20.6 Å². The highest BCUT2D eigenvalue weighted by molar-refractivity contribution is 14.2. The van der Waals surface area contributed by atoms with Crippen LogP contribution in [0.3, 0.4) is 0 Å². The van der Waals surface area contributed by atoms with Crippen molar-refractivity contribution in [1.29, 1.82) is 5.41 Å². The van der Waals surface area contributed by atoms with Gasteiger partial charge in [-0.15, -0.1) is 0 Å². The third kappa shape index (κ3) is 5.93. The minimum Gasteiger partial charge on any atom is -0.444 e. The second-order valence-electron chi connectivity index (χ2n) is 7.11. The molecule has 0 fully saturated rings. The molecule has 154 valence electrons. The fourth-order valence-electron chi connectivity index (χ4n) is 2.50. The lowest BCUT2D eigenvalue weighted by Crippen LogP contribution is -2.28. The molecule has 29 heavy (non-hydrogen) atoms. The second kappa shape index (κ2) is 9.58. The SMILES string of the molecule is Cc1cnc(C(=O)c2ccc(F)c(NPI)c2C=N)c(NC(=O)OC(C)(C)C)c1. The molecule has 0 saturated carbocycles. The van der Waals surface area contributed by atoms with E-state index in [0.29, 0.717) is 0 Å². The van der Waals surface area contributed by atoms with Crippen molar-refractivity contribution in [1.82, 2.24) is 4.98 Å². The highest BCUT2D eigenvalue weighted by Crippen LogP contribution is 2.32. The molecule has 7 nitrogen and oxygen atoms in total. The summed E-state index contributed by atoms with van der Waals surface area (Å²) < 4.78 is 19.4. The molecule has 10 heteroatoms. The summed E-state index contributed by atoms with van der Waals surface area (Å²) in [7, 11) is 0. The van der Waals surface area contributed by atoms with Crippen LogP contribution in [0, 0.1) is 18.2 Å². The fraction of sp³-hybridized carbons (Fsp3) is 0.263. The molecule has 1 aromatic heterocycles. The van der Waals surface area contributed by atoms with Gasteiger partial charge < -0.3 is 15.2 Å². The molecule has 1 heterocycles. The molecule has 1 aromatic carbocycles. The molecule has 1 amide bonds. The van der Waals surface area contributed by atoms with Crippen LogP contribution in [-0.2, 0) is 4.74 Å². The van der Waals surface area contributed by atoms with Crippen molar-refractivity contribution in [2.75, 3.05) is 10.4 Å². The zero-order valence-corrected chi connectivity index (χ0v) is 19.5. The summed E-state index contributed by atoms with van der Waals surface area (Å²) in [5, 5.41) is 13.1. The van der Waals surface area contributed by atoms with Crippen LogP contribution in [0.15, 0.2) is 24.4 Å². The summed E-state index contributed by atoms with van der Waals surface area (Å²) >= 11 is 2.03. The summed E-state index contributed by atoms with van der Waals surface area (Å²) in [4.78, 5) is 29.5. The van der Waals surface area contributed by atoms with E-state index in [1.165, 1.54) is 12.3 Å². The minimum absolute atomic E-state index is 0.0287. The topological polar surface area (TPSA) is 104 Å². The van der Waals surface area contributed by atoms with E-state index in [2.05, 4.69) is 15.4 Å². The molecule has 0 saturated heterocycles. The van der Waals surface area contributed by atoms with Gasteiger partial charge >= 0.3 is 6.09 Å². The molecular weight excluding hydrogens is 509 g/mol. The lowest BCUT2D eigenvalue weighted by molar-refractivity contribution is 0.0636. The largest absolute Gasteiger partial charge is 0.444 e. The van der Waals surface area contributed by atoms with E-state index in [9.17, 15) is 14.0 Å². The zero-order valence-electron chi connectivity index (χ0n) is 16.3. The summed E-state index contributed by atoms with van der Waals surface area (Å²) in [5.74, 6) is -1.11. The number of ether oxygens (including phenoxy) is 1. The predicted molar refractivity (Wildman–Crippen MR) is 123 cm³/mol. The number of ketones is 1. The number of carbonyl (C=O) groups is 2. The molecule has 0 aliphatic rings. The smallest absolute Gasteiger partial charge is 0.412 e. The number of hydrogen-bond acceptors (Lipinski definition) is 6. The van der Waals surface area contributed by atoms with Crippen LogP contribution in [0.2, 0.25) is 0 Å². The Morgan fingerprint density at radius 3 is 2.62 bits per heavy atom. The van der Waals surface area contributed by atoms with E-state index >= 15 is 0 Å². The number of hydrogen-bond donors (Lipinski definition) is 3. The standard InChI is InChI=1S/C19H21FIN4O3P/c1-10-7-14(24-18(27)28-19(2,3)4)16(23-9-10)17(26)11-5-6-13(20)15(25-29-21)12(11)8-22/h5-9,22,25,29H,1-4H3,(H,24,27). The van der Waals surface area contributed by atoms with E-state index < -0.39 is 23.3 Å². The summed E-state index contributed by atoms with van der Waals surface area (Å²) in [6.45, 7) is 6.95. The van der Waals surface area contributed by atoms with E-state index in [0.717, 1.165) is 17.8 Å². The maximum Gasteiger partial charge on any atom is 0.412 e. The van der Waals surface area contributed by atoms with E-state index in [4.69, 9.17) is 10.1 Å². The summed E-state index contributed by atoms with van der Waals surface area (Å²) in [6.07, 6.45) is 1.84. The summed E-state index contributed by atoms with van der Waals surface area (Å²) in [6, 6.07) is 4.07. The average Bonchev–Trinajstić information content (AvgIpc) is 2.61. The Labute approximate surface area is 183 Å². The van der Waals surface area contributed by atoms with Gasteiger partial charge in [0.05, 0.1) is 11.4 Å². The number of pyridine rings is 1. The number of anilines is 2. The van der Waals surface area contributed by atoms with Crippen LogP contribution >= 0.6 is 28.4 Å². The van der Waals surface area contributed by atoms with Crippen LogP contribution in [0.25, 0.3) is 0 Å². The molecule has 0 bridgehead atoms. The van der Waals surface area contributed by atoms with Crippen LogP contribution in [0.1, 0.15) is 48.0 Å². The molecular formula is C19H21FIN4O3P. The van der Waals surface area contributed by atoms with Crippen molar-refractivity contribution >= 4 is 57.9 Å². The molecule has 1 atom stereocenters. The summed E-state index contributed by atoms with van der Waals surface area (Å²) in [5.41, 5.74) is 0.455. The first kappa shape index (κ1) is 23.2. The average molecular weight is 530 g/mol. The van der Waals surface area contributed by atoms with Gasteiger partial charge in [-0.2, -0.15) is 0 Å². The fourth-order valence-corrected chi connectivity index (χ4v) is 3.66. The van der Waals surface area contributed by atoms with Gasteiger partial charge in [0.2, 0.25) is 5.78 Å². The number of aromatic nitrogens is 1. The van der Waals surface area contributed by atoms with Crippen molar-refractivity contribution in [3.8, 4) is 0 Å². The van der Waals surface area contributed by atoms with E-state index in [1.807, 2.05) is 22.0 Å². The Balaban J connectivity index is 2.50. The predicted octanol–water partition coefficient (Wildman–Crippen LogP) is 5.46. The molecule has 1 unspecified atom stereocenters. The third-order valence-electron chi connectivity index (χ3n) is 3.63. The van der Waals surface area contributed by atoms with Crippen LogP contribution < -0.4 is 10.4 Å². The number of carbonyl (C=O) groups excluding carboxylic acids is 2. The molecule has 2 rings (SSSR count). The third-order valence-corrected chi connectivity index (χ3v) is 4.78. The van der Waals surface area contributed by atoms with Gasteiger partial charge in [-0.3, -0.25) is 15.1 Å². The lowest BCUT2D eigenvalue weighted by Gasteiger charge is -2.20. The highest BCUT2D eigenvalue weighted by Gasteiger charge is 2.24. The Morgan fingerprint density at radius 2 is 2.03 bits per heavy atom. The maximum absolute atomic E-state index is 14.2. The van der Waals surface area contributed by atoms with Gasteiger partial charge in [0, 0.05) is 29.9 Å². The Bertz CT molecular complexity index is 963. The van der Waals surface area contributed by atoms with Gasteiger partial charge in [0.1, 0.15) is 17.1 Å². The normalized spacial score (nSPS) is 11.4. The Morgan fingerprint density at radius 1 is 1.34 bits per heavy atom. The van der Waals surface area contributed by atoms with E-state index in [1.54, 1.807) is 33.8 Å². The number of rotatable bonds is 6. The van der Waals surface area contributed by atoms with Crippen molar-refractivity contribution < 1.29 is 18.7 Å². The van der Waals surface area contributed by atoms with Gasteiger partial charge in [-0.1, -0.05) is 0 Å².